The van der Waals surface area contributed by atoms with Crippen LogP contribution < -0.4 is 0 Å². The highest BCUT2D eigenvalue weighted by Gasteiger charge is 2.43. The van der Waals surface area contributed by atoms with Gasteiger partial charge in [-0.05, 0) is 55.6 Å². The topological polar surface area (TPSA) is 18.5 Å². The molecule has 0 aromatic heterocycles. The van der Waals surface area contributed by atoms with E-state index < -0.39 is 0 Å². The molecule has 0 saturated heterocycles. The molecule has 18 heavy (non-hydrogen) atoms. The standard InChI is InChI=1S/C15H22O2S/c1-16-13-8-11-5-6-12(14(11)9-13)10-18-15-4-2-3-7-17-15/h2-4,11-14H,5-10H2,1H3/t11-,12?,13?,14+/m0/s1. The number of allylic oxidation sites excluding steroid dienone is 2. The maximum atomic E-state index is 5.60. The lowest BCUT2D eigenvalue weighted by molar-refractivity contribution is 0.0991. The number of fused-ring (bicyclic) bond motifs is 1. The van der Waals surface area contributed by atoms with Crippen molar-refractivity contribution in [3.63, 3.8) is 0 Å². The lowest BCUT2D eigenvalue weighted by atomic mass is 9.93. The van der Waals surface area contributed by atoms with Gasteiger partial charge < -0.3 is 9.47 Å². The molecule has 0 bridgehead atoms. The molecule has 3 aliphatic rings. The van der Waals surface area contributed by atoms with E-state index in [1.54, 1.807) is 0 Å². The van der Waals surface area contributed by atoms with E-state index in [4.69, 9.17) is 9.47 Å². The van der Waals surface area contributed by atoms with Gasteiger partial charge in [0.25, 0.3) is 0 Å². The number of hydrogen-bond acceptors (Lipinski definition) is 3. The molecule has 4 atom stereocenters. The zero-order chi connectivity index (χ0) is 12.4. The van der Waals surface area contributed by atoms with Crippen molar-refractivity contribution in [2.45, 2.75) is 31.8 Å². The average Bonchev–Trinajstić information content (AvgIpc) is 2.97. The molecule has 3 rings (SSSR count). The van der Waals surface area contributed by atoms with Gasteiger partial charge in [-0.2, -0.15) is 0 Å². The highest BCUT2D eigenvalue weighted by Crippen LogP contribution is 2.49. The van der Waals surface area contributed by atoms with E-state index in [-0.39, 0.29) is 0 Å². The molecule has 1 aliphatic heterocycles. The molecule has 2 nitrogen and oxygen atoms in total. The second-order valence-electron chi connectivity index (χ2n) is 5.63. The number of ether oxygens (including phenoxy) is 2. The zero-order valence-electron chi connectivity index (χ0n) is 11.0. The Morgan fingerprint density at radius 3 is 3.11 bits per heavy atom. The van der Waals surface area contributed by atoms with Crippen molar-refractivity contribution in [1.29, 1.82) is 0 Å². The van der Waals surface area contributed by atoms with Crippen LogP contribution in [0.5, 0.6) is 0 Å². The third-order valence-electron chi connectivity index (χ3n) is 4.68. The van der Waals surface area contributed by atoms with Crippen LogP contribution in [0.15, 0.2) is 23.3 Å². The normalized spacial score (nSPS) is 38.4. The van der Waals surface area contributed by atoms with Gasteiger partial charge in [-0.25, -0.2) is 0 Å². The Balaban J connectivity index is 1.51. The van der Waals surface area contributed by atoms with E-state index in [0.29, 0.717) is 6.10 Å². The monoisotopic (exact) mass is 266 g/mol. The van der Waals surface area contributed by atoms with Crippen LogP contribution in [0.3, 0.4) is 0 Å². The molecule has 0 aromatic carbocycles. The molecule has 0 N–H and O–H groups in total. The van der Waals surface area contributed by atoms with E-state index in [1.165, 1.54) is 31.4 Å². The van der Waals surface area contributed by atoms with Crippen LogP contribution in [0, 0.1) is 17.8 Å². The summed E-state index contributed by atoms with van der Waals surface area (Å²) < 4.78 is 11.1. The van der Waals surface area contributed by atoms with Crippen molar-refractivity contribution in [3.8, 4) is 0 Å². The molecule has 2 saturated carbocycles. The Kier molecular flexibility index (Phi) is 4.00. The minimum Gasteiger partial charge on any atom is -0.483 e. The van der Waals surface area contributed by atoms with E-state index in [0.717, 1.165) is 29.5 Å². The highest BCUT2D eigenvalue weighted by molar-refractivity contribution is 8.02. The molecule has 0 spiro atoms. The van der Waals surface area contributed by atoms with Gasteiger partial charge >= 0.3 is 0 Å². The lowest BCUT2D eigenvalue weighted by Gasteiger charge is -2.19. The van der Waals surface area contributed by atoms with Crippen molar-refractivity contribution in [2.24, 2.45) is 17.8 Å². The minimum atomic E-state index is 0.529. The summed E-state index contributed by atoms with van der Waals surface area (Å²) >= 11 is 1.90. The molecule has 100 valence electrons. The zero-order valence-corrected chi connectivity index (χ0v) is 11.8. The first kappa shape index (κ1) is 12.6. The average molecular weight is 266 g/mol. The van der Waals surface area contributed by atoms with Crippen LogP contribution in [0.25, 0.3) is 0 Å². The van der Waals surface area contributed by atoms with Gasteiger partial charge in [0.1, 0.15) is 6.61 Å². The summed E-state index contributed by atoms with van der Waals surface area (Å²) in [6, 6.07) is 0. The SMILES string of the molecule is COC1C[C@@H]2CCC(CSC3=CC=CCO3)[C@@H]2C1. The summed E-state index contributed by atoms with van der Waals surface area (Å²) in [4.78, 5) is 0. The van der Waals surface area contributed by atoms with E-state index in [1.807, 2.05) is 18.9 Å². The Morgan fingerprint density at radius 2 is 2.33 bits per heavy atom. The molecule has 0 aromatic rings. The molecule has 3 heteroatoms. The number of thioether (sulfide) groups is 1. The van der Waals surface area contributed by atoms with E-state index in [9.17, 15) is 0 Å². The predicted molar refractivity (Wildman–Crippen MR) is 75.4 cm³/mol. The quantitative estimate of drug-likeness (QED) is 0.774. The Bertz CT molecular complexity index is 350. The van der Waals surface area contributed by atoms with Crippen molar-refractivity contribution < 1.29 is 9.47 Å². The van der Waals surface area contributed by atoms with E-state index in [2.05, 4.69) is 18.2 Å². The lowest BCUT2D eigenvalue weighted by Crippen LogP contribution is -2.14. The third kappa shape index (κ3) is 2.62. The Hall–Kier alpha value is -0.410. The van der Waals surface area contributed by atoms with E-state index >= 15 is 0 Å². The maximum absolute atomic E-state index is 5.60. The van der Waals surface area contributed by atoms with Crippen LogP contribution in [-0.2, 0) is 9.47 Å². The van der Waals surface area contributed by atoms with Crippen LogP contribution in [0.4, 0.5) is 0 Å². The summed E-state index contributed by atoms with van der Waals surface area (Å²) in [6.45, 7) is 0.737. The highest BCUT2D eigenvalue weighted by atomic mass is 32.2. The first-order chi connectivity index (χ1) is 8.86. The molecule has 0 radical (unpaired) electrons. The predicted octanol–water partition coefficient (Wildman–Crippen LogP) is 3.60. The number of rotatable bonds is 4. The van der Waals surface area contributed by atoms with Gasteiger partial charge in [-0.15, -0.1) is 0 Å². The largest absolute Gasteiger partial charge is 0.483 e. The third-order valence-corrected chi connectivity index (χ3v) is 5.82. The second-order valence-corrected chi connectivity index (χ2v) is 6.65. The van der Waals surface area contributed by atoms with Gasteiger partial charge in [0, 0.05) is 12.9 Å². The summed E-state index contributed by atoms with van der Waals surface area (Å²) in [6.07, 6.45) is 12.2. The van der Waals surface area contributed by atoms with Gasteiger partial charge in [0.15, 0.2) is 5.09 Å². The van der Waals surface area contributed by atoms with Gasteiger partial charge in [-0.1, -0.05) is 17.8 Å². The van der Waals surface area contributed by atoms with Gasteiger partial charge in [-0.3, -0.25) is 0 Å². The first-order valence-electron chi connectivity index (χ1n) is 7.02. The van der Waals surface area contributed by atoms with Crippen molar-refractivity contribution >= 4 is 11.8 Å². The van der Waals surface area contributed by atoms with Crippen molar-refractivity contribution in [1.82, 2.24) is 0 Å². The van der Waals surface area contributed by atoms with Gasteiger partial charge in [0.2, 0.25) is 0 Å². The summed E-state index contributed by atoms with van der Waals surface area (Å²) in [5.41, 5.74) is 0. The summed E-state index contributed by atoms with van der Waals surface area (Å²) in [7, 11) is 1.86. The van der Waals surface area contributed by atoms with Crippen LogP contribution in [0.1, 0.15) is 25.7 Å². The molecule has 2 fully saturated rings. The maximum Gasteiger partial charge on any atom is 0.153 e. The van der Waals surface area contributed by atoms with Crippen molar-refractivity contribution in [3.05, 3.63) is 23.3 Å². The fourth-order valence-electron chi connectivity index (χ4n) is 3.72. The molecule has 1 heterocycles. The fraction of sp³-hybridized carbons (Fsp3) is 0.733. The summed E-state index contributed by atoms with van der Waals surface area (Å²) in [5, 5.41) is 1.10. The number of hydrogen-bond donors (Lipinski definition) is 0. The number of methoxy groups -OCH3 is 1. The molecule has 2 unspecified atom stereocenters. The molecular weight excluding hydrogens is 244 g/mol. The van der Waals surface area contributed by atoms with Crippen LogP contribution in [0.2, 0.25) is 0 Å². The first-order valence-corrected chi connectivity index (χ1v) is 8.00. The molecule has 2 aliphatic carbocycles. The Labute approximate surface area is 114 Å². The van der Waals surface area contributed by atoms with Crippen LogP contribution in [-0.4, -0.2) is 25.6 Å². The molecular formula is C15H22O2S. The summed E-state index contributed by atoms with van der Waals surface area (Å²) in [5.74, 6) is 3.93. The second kappa shape index (κ2) is 5.70. The van der Waals surface area contributed by atoms with Crippen LogP contribution >= 0.6 is 11.8 Å². The fourth-order valence-corrected chi connectivity index (χ4v) is 4.83. The van der Waals surface area contributed by atoms with Crippen molar-refractivity contribution in [2.75, 3.05) is 19.5 Å². The minimum absolute atomic E-state index is 0.529. The van der Waals surface area contributed by atoms with Gasteiger partial charge in [0.05, 0.1) is 6.10 Å². The molecule has 0 amide bonds. The Morgan fingerprint density at radius 1 is 1.39 bits per heavy atom. The smallest absolute Gasteiger partial charge is 0.153 e.